The van der Waals surface area contributed by atoms with Crippen molar-refractivity contribution in [2.45, 2.75) is 18.6 Å². The van der Waals surface area contributed by atoms with Crippen molar-refractivity contribution in [1.82, 2.24) is 14.8 Å². The molecule has 0 amide bonds. The summed E-state index contributed by atoms with van der Waals surface area (Å²) in [4.78, 5) is 17.8. The molecule has 0 bridgehead atoms. The molecule has 1 aliphatic rings. The molecule has 0 fully saturated rings. The Bertz CT molecular complexity index is 1130. The SMILES string of the molecule is CCn1c(SCC(=O)C(C#N)=C2N(C)c3ccccc3N2C)nnc1-c1cccs1. The van der Waals surface area contributed by atoms with E-state index in [-0.39, 0.29) is 17.1 Å². The number of Topliss-reactive ketones (excluding diaryl/α,β-unsaturated/α-hetero) is 1. The number of hydrogen-bond donors (Lipinski definition) is 0. The van der Waals surface area contributed by atoms with E-state index in [2.05, 4.69) is 16.3 Å². The summed E-state index contributed by atoms with van der Waals surface area (Å²) in [6.07, 6.45) is 0. The Morgan fingerprint density at radius 3 is 2.40 bits per heavy atom. The van der Waals surface area contributed by atoms with Gasteiger partial charge in [-0.15, -0.1) is 21.5 Å². The zero-order chi connectivity index (χ0) is 21.3. The van der Waals surface area contributed by atoms with Crippen LogP contribution in [0.25, 0.3) is 10.7 Å². The highest BCUT2D eigenvalue weighted by Gasteiger charge is 2.31. The third kappa shape index (κ3) is 3.38. The molecule has 0 aliphatic carbocycles. The van der Waals surface area contributed by atoms with E-state index in [1.54, 1.807) is 11.3 Å². The third-order valence-corrected chi connectivity index (χ3v) is 6.79. The molecule has 0 N–H and O–H groups in total. The van der Waals surface area contributed by atoms with Crippen molar-refractivity contribution >= 4 is 40.3 Å². The number of carbonyl (C=O) groups is 1. The number of allylic oxidation sites excluding steroid dienone is 1. The Kier molecular flexibility index (Phi) is 5.61. The van der Waals surface area contributed by atoms with E-state index >= 15 is 0 Å². The molecule has 9 heteroatoms. The first kappa shape index (κ1) is 20.2. The molecule has 0 saturated carbocycles. The lowest BCUT2D eigenvalue weighted by molar-refractivity contribution is -0.112. The lowest BCUT2D eigenvalue weighted by atomic mass is 10.2. The van der Waals surface area contributed by atoms with E-state index in [1.165, 1.54) is 11.8 Å². The minimum absolute atomic E-state index is 0.118. The van der Waals surface area contributed by atoms with Crippen LogP contribution in [0.1, 0.15) is 6.92 Å². The minimum atomic E-state index is -0.229. The van der Waals surface area contributed by atoms with E-state index in [9.17, 15) is 10.1 Å². The summed E-state index contributed by atoms with van der Waals surface area (Å²) >= 11 is 2.91. The highest BCUT2D eigenvalue weighted by molar-refractivity contribution is 7.99. The van der Waals surface area contributed by atoms with Gasteiger partial charge in [0.2, 0.25) is 0 Å². The fourth-order valence-electron chi connectivity index (χ4n) is 3.53. The number of thiophene rings is 1. The minimum Gasteiger partial charge on any atom is -0.328 e. The Labute approximate surface area is 183 Å². The number of para-hydroxylation sites is 2. The average molecular weight is 437 g/mol. The van der Waals surface area contributed by atoms with Crippen LogP contribution in [0.5, 0.6) is 0 Å². The number of benzene rings is 1. The molecule has 4 rings (SSSR count). The number of fused-ring (bicyclic) bond motifs is 1. The summed E-state index contributed by atoms with van der Waals surface area (Å²) in [5, 5.41) is 21.0. The van der Waals surface area contributed by atoms with E-state index in [0.717, 1.165) is 22.1 Å². The number of ketones is 1. The predicted molar refractivity (Wildman–Crippen MR) is 121 cm³/mol. The molecule has 2 aromatic heterocycles. The second-order valence-electron chi connectivity index (χ2n) is 6.66. The van der Waals surface area contributed by atoms with Gasteiger partial charge in [0.15, 0.2) is 16.8 Å². The zero-order valence-corrected chi connectivity index (χ0v) is 18.5. The molecule has 3 heterocycles. The Morgan fingerprint density at radius 1 is 1.13 bits per heavy atom. The number of rotatable bonds is 6. The first-order valence-electron chi connectivity index (χ1n) is 9.40. The van der Waals surface area contributed by atoms with Gasteiger partial charge in [-0.25, -0.2) is 0 Å². The van der Waals surface area contributed by atoms with Gasteiger partial charge in [0, 0.05) is 20.6 Å². The Balaban J connectivity index is 1.57. The number of nitrogens with zero attached hydrogens (tertiary/aromatic N) is 6. The van der Waals surface area contributed by atoms with Gasteiger partial charge in [-0.05, 0) is 30.5 Å². The second-order valence-corrected chi connectivity index (χ2v) is 8.55. The summed E-state index contributed by atoms with van der Waals surface area (Å²) < 4.78 is 1.99. The lowest BCUT2D eigenvalue weighted by Crippen LogP contribution is -2.26. The van der Waals surface area contributed by atoms with E-state index in [4.69, 9.17) is 0 Å². The molecule has 0 radical (unpaired) electrons. The number of thioether (sulfide) groups is 1. The molecule has 30 heavy (non-hydrogen) atoms. The number of carbonyl (C=O) groups excluding carboxylic acids is 1. The van der Waals surface area contributed by atoms with Gasteiger partial charge in [-0.1, -0.05) is 30.0 Å². The maximum atomic E-state index is 13.0. The van der Waals surface area contributed by atoms with Crippen LogP contribution in [0.2, 0.25) is 0 Å². The molecule has 3 aromatic rings. The van der Waals surface area contributed by atoms with Crippen molar-refractivity contribution < 1.29 is 4.79 Å². The van der Waals surface area contributed by atoms with Gasteiger partial charge in [-0.3, -0.25) is 4.79 Å². The van der Waals surface area contributed by atoms with E-state index < -0.39 is 0 Å². The Morgan fingerprint density at radius 2 is 1.83 bits per heavy atom. The van der Waals surface area contributed by atoms with Crippen molar-refractivity contribution in [3.05, 3.63) is 53.2 Å². The van der Waals surface area contributed by atoms with Crippen LogP contribution in [-0.2, 0) is 11.3 Å². The van der Waals surface area contributed by atoms with Gasteiger partial charge >= 0.3 is 0 Å². The van der Waals surface area contributed by atoms with Crippen molar-refractivity contribution in [3.63, 3.8) is 0 Å². The summed E-state index contributed by atoms with van der Waals surface area (Å²) in [5.74, 6) is 1.28. The van der Waals surface area contributed by atoms with Crippen LogP contribution >= 0.6 is 23.1 Å². The van der Waals surface area contributed by atoms with Crippen LogP contribution in [0, 0.1) is 11.3 Å². The van der Waals surface area contributed by atoms with Crippen molar-refractivity contribution in [2.75, 3.05) is 29.6 Å². The van der Waals surface area contributed by atoms with Gasteiger partial charge in [0.05, 0.1) is 22.0 Å². The smallest absolute Gasteiger partial charge is 0.191 e. The summed E-state index contributed by atoms with van der Waals surface area (Å²) in [7, 11) is 3.74. The van der Waals surface area contributed by atoms with Crippen LogP contribution < -0.4 is 9.80 Å². The van der Waals surface area contributed by atoms with Gasteiger partial charge < -0.3 is 14.4 Å². The van der Waals surface area contributed by atoms with Crippen LogP contribution in [0.3, 0.4) is 0 Å². The molecule has 7 nitrogen and oxygen atoms in total. The fourth-order valence-corrected chi connectivity index (χ4v) is 5.12. The second kappa shape index (κ2) is 8.34. The first-order valence-corrected chi connectivity index (χ1v) is 11.3. The largest absolute Gasteiger partial charge is 0.328 e. The number of anilines is 2. The average Bonchev–Trinajstić information content (AvgIpc) is 3.48. The maximum absolute atomic E-state index is 13.0. The van der Waals surface area contributed by atoms with Crippen LogP contribution in [0.15, 0.2) is 58.3 Å². The highest BCUT2D eigenvalue weighted by Crippen LogP contribution is 2.40. The van der Waals surface area contributed by atoms with Crippen LogP contribution in [-0.4, -0.2) is 40.4 Å². The highest BCUT2D eigenvalue weighted by atomic mass is 32.2. The molecule has 152 valence electrons. The molecular formula is C21H20N6OS2. The molecule has 1 aliphatic heterocycles. The van der Waals surface area contributed by atoms with Crippen molar-refractivity contribution in [2.24, 2.45) is 0 Å². The molecule has 0 saturated heterocycles. The van der Waals surface area contributed by atoms with Crippen molar-refractivity contribution in [1.29, 1.82) is 5.26 Å². The van der Waals surface area contributed by atoms with Gasteiger partial charge in [-0.2, -0.15) is 5.26 Å². The molecular weight excluding hydrogens is 416 g/mol. The number of hydrogen-bond acceptors (Lipinski definition) is 8. The monoisotopic (exact) mass is 436 g/mol. The van der Waals surface area contributed by atoms with Crippen LogP contribution in [0.4, 0.5) is 11.4 Å². The maximum Gasteiger partial charge on any atom is 0.191 e. The van der Waals surface area contributed by atoms with Gasteiger partial charge in [0.25, 0.3) is 0 Å². The lowest BCUT2D eigenvalue weighted by Gasteiger charge is -2.19. The number of nitriles is 1. The normalized spacial score (nSPS) is 12.8. The number of aromatic nitrogens is 3. The molecule has 0 atom stereocenters. The molecule has 1 aromatic carbocycles. The topological polar surface area (TPSA) is 78.0 Å². The van der Waals surface area contributed by atoms with E-state index in [0.29, 0.717) is 17.5 Å². The standard InChI is InChI=1S/C21H20N6OS2/c1-4-27-19(18-10-7-11-29-18)23-24-21(27)30-13-17(28)14(12-22)20-25(2)15-8-5-6-9-16(15)26(20)3/h5-11H,4,13H2,1-3H3. The summed E-state index contributed by atoms with van der Waals surface area (Å²) in [5.41, 5.74) is 2.08. The third-order valence-electron chi connectivity index (χ3n) is 4.96. The van der Waals surface area contributed by atoms with E-state index in [1.807, 2.05) is 77.2 Å². The van der Waals surface area contributed by atoms with Crippen molar-refractivity contribution in [3.8, 4) is 16.8 Å². The van der Waals surface area contributed by atoms with Gasteiger partial charge in [0.1, 0.15) is 17.5 Å². The zero-order valence-electron chi connectivity index (χ0n) is 16.9. The fraction of sp³-hybridized carbons (Fsp3) is 0.238. The summed E-state index contributed by atoms with van der Waals surface area (Å²) in [6, 6.07) is 13.9. The predicted octanol–water partition coefficient (Wildman–Crippen LogP) is 4.01. The summed E-state index contributed by atoms with van der Waals surface area (Å²) in [6.45, 7) is 2.72. The molecule has 0 unspecified atom stereocenters. The Hall–Kier alpha value is -3.09. The first-order chi connectivity index (χ1) is 14.6. The quantitative estimate of drug-likeness (QED) is 0.328. The molecule has 0 spiro atoms.